The maximum Gasteiger partial charge on any atom is 0.152 e. The SMILES string of the molecule is O=S(O)CCCN(Cc1ccccc1)Cc1ccccc1. The van der Waals surface area contributed by atoms with Crippen molar-refractivity contribution >= 4 is 11.1 Å². The van der Waals surface area contributed by atoms with Crippen LogP contribution in [0.25, 0.3) is 0 Å². The van der Waals surface area contributed by atoms with E-state index < -0.39 is 11.1 Å². The van der Waals surface area contributed by atoms with Crippen LogP contribution in [0.2, 0.25) is 0 Å². The Morgan fingerprint density at radius 1 is 0.857 bits per heavy atom. The summed E-state index contributed by atoms with van der Waals surface area (Å²) in [5, 5.41) is 0. The molecule has 0 amide bonds. The first kappa shape index (κ1) is 15.9. The maximum absolute atomic E-state index is 10.8. The third-order valence-electron chi connectivity index (χ3n) is 3.29. The fraction of sp³-hybridized carbons (Fsp3) is 0.294. The molecule has 0 spiro atoms. The molecule has 0 aliphatic heterocycles. The van der Waals surface area contributed by atoms with E-state index >= 15 is 0 Å². The van der Waals surface area contributed by atoms with Crippen molar-refractivity contribution < 1.29 is 8.76 Å². The molecule has 0 fully saturated rings. The van der Waals surface area contributed by atoms with Gasteiger partial charge in [0.1, 0.15) is 0 Å². The monoisotopic (exact) mass is 303 g/mol. The quantitative estimate of drug-likeness (QED) is 0.761. The van der Waals surface area contributed by atoms with Crippen LogP contribution in [-0.4, -0.2) is 26.0 Å². The highest BCUT2D eigenvalue weighted by Gasteiger charge is 2.07. The average Bonchev–Trinajstić information content (AvgIpc) is 2.49. The van der Waals surface area contributed by atoms with Gasteiger partial charge in [0.25, 0.3) is 0 Å². The van der Waals surface area contributed by atoms with E-state index in [1.165, 1.54) is 11.1 Å². The van der Waals surface area contributed by atoms with E-state index in [1.807, 2.05) is 36.4 Å². The van der Waals surface area contributed by atoms with E-state index in [9.17, 15) is 4.21 Å². The van der Waals surface area contributed by atoms with Crippen molar-refractivity contribution in [3.8, 4) is 0 Å². The zero-order valence-corrected chi connectivity index (χ0v) is 12.8. The average molecular weight is 303 g/mol. The summed E-state index contributed by atoms with van der Waals surface area (Å²) >= 11 is -1.70. The van der Waals surface area contributed by atoms with Gasteiger partial charge in [0.05, 0.1) is 5.75 Å². The van der Waals surface area contributed by atoms with E-state index in [1.54, 1.807) is 0 Å². The lowest BCUT2D eigenvalue weighted by Crippen LogP contribution is -2.25. The lowest BCUT2D eigenvalue weighted by molar-refractivity contribution is 0.257. The summed E-state index contributed by atoms with van der Waals surface area (Å²) in [7, 11) is 0. The molecule has 0 heterocycles. The van der Waals surface area contributed by atoms with Gasteiger partial charge in [-0.1, -0.05) is 60.7 Å². The molecule has 0 saturated carbocycles. The Hall–Kier alpha value is -1.49. The van der Waals surface area contributed by atoms with Gasteiger partial charge in [-0.05, 0) is 24.1 Å². The fourth-order valence-corrected chi connectivity index (χ4v) is 2.68. The van der Waals surface area contributed by atoms with Crippen molar-refractivity contribution in [1.29, 1.82) is 0 Å². The van der Waals surface area contributed by atoms with Crippen molar-refractivity contribution in [1.82, 2.24) is 4.90 Å². The number of hydrogen-bond donors (Lipinski definition) is 1. The van der Waals surface area contributed by atoms with Crippen LogP contribution in [-0.2, 0) is 24.2 Å². The molecule has 21 heavy (non-hydrogen) atoms. The number of nitrogens with zero attached hydrogens (tertiary/aromatic N) is 1. The molecule has 2 aromatic carbocycles. The third kappa shape index (κ3) is 6.21. The standard InChI is InChI=1S/C17H21NO2S/c19-21(20)13-7-12-18(14-16-8-3-1-4-9-16)15-17-10-5-2-6-11-17/h1-6,8-11H,7,12-15H2,(H,19,20). The van der Waals surface area contributed by atoms with Crippen LogP contribution < -0.4 is 0 Å². The van der Waals surface area contributed by atoms with Gasteiger partial charge in [0.15, 0.2) is 11.1 Å². The highest BCUT2D eigenvalue weighted by molar-refractivity contribution is 7.79. The minimum Gasteiger partial charge on any atom is -0.306 e. The molecule has 4 heteroatoms. The lowest BCUT2D eigenvalue weighted by Gasteiger charge is -2.22. The highest BCUT2D eigenvalue weighted by Crippen LogP contribution is 2.10. The summed E-state index contributed by atoms with van der Waals surface area (Å²) < 4.78 is 19.7. The van der Waals surface area contributed by atoms with Crippen LogP contribution >= 0.6 is 0 Å². The molecule has 2 aromatic rings. The Morgan fingerprint density at radius 2 is 1.33 bits per heavy atom. The van der Waals surface area contributed by atoms with Gasteiger partial charge in [-0.15, -0.1) is 0 Å². The Bertz CT molecular complexity index is 504. The molecule has 2 rings (SSSR count). The topological polar surface area (TPSA) is 40.5 Å². The summed E-state index contributed by atoms with van der Waals surface area (Å²) in [5.41, 5.74) is 2.53. The summed E-state index contributed by atoms with van der Waals surface area (Å²) in [6, 6.07) is 20.6. The summed E-state index contributed by atoms with van der Waals surface area (Å²) in [6.45, 7) is 2.53. The van der Waals surface area contributed by atoms with Crippen LogP contribution in [0.15, 0.2) is 60.7 Å². The summed E-state index contributed by atoms with van der Waals surface area (Å²) in [5.74, 6) is 0.333. The Labute approximate surface area is 128 Å². The second kappa shape index (κ2) is 8.72. The fourth-order valence-electron chi connectivity index (χ4n) is 2.31. The summed E-state index contributed by atoms with van der Waals surface area (Å²) in [4.78, 5) is 2.32. The molecule has 0 bridgehead atoms. The van der Waals surface area contributed by atoms with E-state index in [0.717, 1.165) is 26.1 Å². The van der Waals surface area contributed by atoms with Crippen LogP contribution in [0.3, 0.4) is 0 Å². The van der Waals surface area contributed by atoms with Gasteiger partial charge in [0.2, 0.25) is 0 Å². The van der Waals surface area contributed by atoms with Gasteiger partial charge in [-0.3, -0.25) is 4.90 Å². The van der Waals surface area contributed by atoms with Gasteiger partial charge >= 0.3 is 0 Å². The molecule has 1 atom stereocenters. The molecule has 0 aliphatic rings. The number of rotatable bonds is 8. The highest BCUT2D eigenvalue weighted by atomic mass is 32.2. The molecule has 1 N–H and O–H groups in total. The predicted molar refractivity (Wildman–Crippen MR) is 87.3 cm³/mol. The summed E-state index contributed by atoms with van der Waals surface area (Å²) in [6.07, 6.45) is 0.725. The van der Waals surface area contributed by atoms with Crippen molar-refractivity contribution in [3.63, 3.8) is 0 Å². The molecule has 0 radical (unpaired) electrons. The van der Waals surface area contributed by atoms with Crippen LogP contribution in [0.5, 0.6) is 0 Å². The number of benzene rings is 2. The van der Waals surface area contributed by atoms with Crippen molar-refractivity contribution in [2.75, 3.05) is 12.3 Å². The first-order chi connectivity index (χ1) is 10.2. The molecule has 112 valence electrons. The minimum atomic E-state index is -1.70. The van der Waals surface area contributed by atoms with Gasteiger partial charge in [-0.25, -0.2) is 4.21 Å². The number of hydrogen-bond acceptors (Lipinski definition) is 2. The second-order valence-corrected chi connectivity index (χ2v) is 6.11. The van der Waals surface area contributed by atoms with Gasteiger partial charge in [-0.2, -0.15) is 0 Å². The van der Waals surface area contributed by atoms with Gasteiger partial charge in [0, 0.05) is 13.1 Å². The Kier molecular flexibility index (Phi) is 6.60. The van der Waals surface area contributed by atoms with Crippen molar-refractivity contribution in [2.45, 2.75) is 19.5 Å². The van der Waals surface area contributed by atoms with E-state index in [4.69, 9.17) is 4.55 Å². The molecule has 0 aliphatic carbocycles. The van der Waals surface area contributed by atoms with E-state index in [-0.39, 0.29) is 0 Å². The third-order valence-corrected chi connectivity index (χ3v) is 3.93. The smallest absolute Gasteiger partial charge is 0.152 e. The first-order valence-corrected chi connectivity index (χ1v) is 8.39. The normalized spacial score (nSPS) is 12.5. The van der Waals surface area contributed by atoms with Gasteiger partial charge < -0.3 is 4.55 Å². The molecule has 3 nitrogen and oxygen atoms in total. The molecule has 0 aromatic heterocycles. The molecule has 0 saturated heterocycles. The molecule has 1 unspecified atom stereocenters. The van der Waals surface area contributed by atoms with Crippen LogP contribution in [0, 0.1) is 0 Å². The Morgan fingerprint density at radius 3 is 1.76 bits per heavy atom. The van der Waals surface area contributed by atoms with Crippen molar-refractivity contribution in [2.24, 2.45) is 0 Å². The predicted octanol–water partition coefficient (Wildman–Crippen LogP) is 3.30. The van der Waals surface area contributed by atoms with E-state index in [0.29, 0.717) is 5.75 Å². The zero-order valence-electron chi connectivity index (χ0n) is 12.0. The minimum absolute atomic E-state index is 0.333. The van der Waals surface area contributed by atoms with E-state index in [2.05, 4.69) is 29.2 Å². The molecular formula is C17H21NO2S. The van der Waals surface area contributed by atoms with Crippen molar-refractivity contribution in [3.05, 3.63) is 71.8 Å². The molecular weight excluding hydrogens is 282 g/mol. The second-order valence-electron chi connectivity index (χ2n) is 5.06. The Balaban J connectivity index is 1.97. The maximum atomic E-state index is 10.8. The van der Waals surface area contributed by atoms with Crippen LogP contribution in [0.1, 0.15) is 17.5 Å². The largest absolute Gasteiger partial charge is 0.306 e. The zero-order chi connectivity index (χ0) is 14.9. The van der Waals surface area contributed by atoms with Crippen LogP contribution in [0.4, 0.5) is 0 Å². The first-order valence-electron chi connectivity index (χ1n) is 7.12. The lowest BCUT2D eigenvalue weighted by atomic mass is 10.1.